The molecule has 1 aliphatic rings. The zero-order valence-electron chi connectivity index (χ0n) is 47.1. The number of amides is 1. The van der Waals surface area contributed by atoms with E-state index in [-0.39, 0.29) is 18.5 Å². The Morgan fingerprint density at radius 3 is 1.36 bits per heavy atom. The van der Waals surface area contributed by atoms with Gasteiger partial charge in [-0.05, 0) is 70.6 Å². The quantitative estimate of drug-likeness (QED) is 0.0195. The molecule has 6 N–H and O–H groups in total. The van der Waals surface area contributed by atoms with Gasteiger partial charge in [0, 0.05) is 12.8 Å². The molecule has 0 aromatic carbocycles. The van der Waals surface area contributed by atoms with Crippen LogP contribution in [0.4, 0.5) is 0 Å². The first-order chi connectivity index (χ1) is 35.7. The fourth-order valence-corrected chi connectivity index (χ4v) is 9.56. The van der Waals surface area contributed by atoms with Crippen molar-refractivity contribution in [1.82, 2.24) is 5.32 Å². The highest BCUT2D eigenvalue weighted by Crippen LogP contribution is 2.23. The van der Waals surface area contributed by atoms with Gasteiger partial charge in [0.1, 0.15) is 24.4 Å². The van der Waals surface area contributed by atoms with Gasteiger partial charge in [0.15, 0.2) is 6.29 Å². The molecule has 1 rings (SSSR count). The maximum Gasteiger partial charge on any atom is 0.305 e. The van der Waals surface area contributed by atoms with Crippen LogP contribution in [-0.4, -0.2) is 100 Å². The second kappa shape index (κ2) is 52.0. The van der Waals surface area contributed by atoms with Gasteiger partial charge >= 0.3 is 5.97 Å². The van der Waals surface area contributed by atoms with Crippen molar-refractivity contribution in [1.29, 1.82) is 0 Å². The predicted molar refractivity (Wildman–Crippen MR) is 301 cm³/mol. The molecule has 73 heavy (non-hydrogen) atoms. The second-order valence-electron chi connectivity index (χ2n) is 21.4. The largest absolute Gasteiger partial charge is 0.466 e. The van der Waals surface area contributed by atoms with Gasteiger partial charge in [-0.2, -0.15) is 0 Å². The molecule has 0 saturated carbocycles. The van der Waals surface area contributed by atoms with Crippen molar-refractivity contribution in [2.24, 2.45) is 0 Å². The van der Waals surface area contributed by atoms with Crippen LogP contribution >= 0.6 is 0 Å². The van der Waals surface area contributed by atoms with Crippen molar-refractivity contribution >= 4 is 11.9 Å². The molecule has 428 valence electrons. The highest BCUT2D eigenvalue weighted by atomic mass is 16.7. The van der Waals surface area contributed by atoms with Crippen LogP contribution in [0.1, 0.15) is 284 Å². The molecule has 0 bridgehead atoms. The molecule has 0 spiro atoms. The second-order valence-corrected chi connectivity index (χ2v) is 21.4. The number of hydrogen-bond acceptors (Lipinski definition) is 10. The number of esters is 1. The first-order valence-corrected chi connectivity index (χ1v) is 30.8. The molecule has 0 aliphatic carbocycles. The monoisotopic (exact) mass is 1030 g/mol. The van der Waals surface area contributed by atoms with Crippen molar-refractivity contribution in [3.63, 3.8) is 0 Å². The van der Waals surface area contributed by atoms with Crippen LogP contribution in [0, 0.1) is 0 Å². The third kappa shape index (κ3) is 41.7. The normalized spacial score (nSPS) is 19.1. The summed E-state index contributed by atoms with van der Waals surface area (Å²) < 4.78 is 16.7. The van der Waals surface area contributed by atoms with E-state index in [4.69, 9.17) is 14.2 Å². The lowest BCUT2D eigenvalue weighted by molar-refractivity contribution is -0.302. The summed E-state index contributed by atoms with van der Waals surface area (Å²) in [4.78, 5) is 25.0. The third-order valence-corrected chi connectivity index (χ3v) is 14.5. The highest BCUT2D eigenvalue weighted by molar-refractivity contribution is 5.76. The first-order valence-electron chi connectivity index (χ1n) is 30.8. The minimum atomic E-state index is -1.58. The summed E-state index contributed by atoms with van der Waals surface area (Å²) >= 11 is 0. The molecule has 1 saturated heterocycles. The van der Waals surface area contributed by atoms with E-state index in [2.05, 4.69) is 43.5 Å². The number of unbranched alkanes of at least 4 members (excludes halogenated alkanes) is 35. The zero-order valence-corrected chi connectivity index (χ0v) is 47.1. The van der Waals surface area contributed by atoms with Crippen molar-refractivity contribution < 1.29 is 49.3 Å². The molecular weight excluding hydrogens is 919 g/mol. The summed E-state index contributed by atoms with van der Waals surface area (Å²) in [5.74, 6) is -0.200. The molecule has 7 atom stereocenters. The molecule has 1 heterocycles. The Morgan fingerprint density at radius 1 is 0.493 bits per heavy atom. The predicted octanol–water partition coefficient (Wildman–Crippen LogP) is 14.3. The number of carbonyl (C=O) groups excluding carboxylic acids is 2. The Labute approximate surface area is 447 Å². The molecular formula is C62H115NO10. The zero-order chi connectivity index (χ0) is 53.1. The van der Waals surface area contributed by atoms with Gasteiger partial charge in [0.2, 0.25) is 5.91 Å². The van der Waals surface area contributed by atoms with Gasteiger partial charge in [-0.25, -0.2) is 0 Å². The standard InChI is InChI=1S/C62H115NO10/c1-3-5-7-9-11-13-28-32-36-40-44-48-55(65)54(53-72-62-61(70)60(69)59(68)56(52-64)73-62)63-57(66)49-45-41-37-33-30-26-24-22-20-18-16-15-17-19-21-23-25-27-31-35-39-43-47-51-71-58(67)50-46-42-38-34-29-14-12-10-8-6-4-2/h18,20,28,32,44,48,54-56,59-62,64-65,68-70H,3-17,19,21-27,29-31,33-43,45-47,49-53H2,1-2H3,(H,63,66)/b20-18-,32-28+,48-44+. The molecule has 7 unspecified atom stereocenters. The molecule has 1 amide bonds. The maximum atomic E-state index is 13.0. The molecule has 0 aromatic heterocycles. The fourth-order valence-electron chi connectivity index (χ4n) is 9.56. The number of rotatable bonds is 53. The van der Waals surface area contributed by atoms with Crippen LogP contribution in [0.5, 0.6) is 0 Å². The van der Waals surface area contributed by atoms with Crippen LogP contribution in [0.2, 0.25) is 0 Å². The summed E-state index contributed by atoms with van der Waals surface area (Å²) in [5, 5.41) is 54.3. The van der Waals surface area contributed by atoms with Crippen LogP contribution in [0.3, 0.4) is 0 Å². The lowest BCUT2D eigenvalue weighted by Gasteiger charge is -2.40. The lowest BCUT2D eigenvalue weighted by Crippen LogP contribution is -2.60. The van der Waals surface area contributed by atoms with Crippen LogP contribution < -0.4 is 5.32 Å². The number of carbonyl (C=O) groups is 2. The molecule has 0 aromatic rings. The third-order valence-electron chi connectivity index (χ3n) is 14.5. The topological polar surface area (TPSA) is 175 Å². The first kappa shape index (κ1) is 68.9. The molecule has 0 radical (unpaired) electrons. The Balaban J connectivity index is 2.05. The van der Waals surface area contributed by atoms with E-state index < -0.39 is 49.5 Å². The summed E-state index contributed by atoms with van der Waals surface area (Å²) in [7, 11) is 0. The van der Waals surface area contributed by atoms with Gasteiger partial charge in [0.25, 0.3) is 0 Å². The van der Waals surface area contributed by atoms with Crippen molar-refractivity contribution in [3.05, 3.63) is 36.5 Å². The summed E-state index contributed by atoms with van der Waals surface area (Å²) in [6.07, 6.45) is 53.9. The van der Waals surface area contributed by atoms with E-state index in [1.54, 1.807) is 6.08 Å². The van der Waals surface area contributed by atoms with E-state index in [0.29, 0.717) is 19.4 Å². The van der Waals surface area contributed by atoms with Gasteiger partial charge in [-0.15, -0.1) is 0 Å². The number of hydrogen-bond donors (Lipinski definition) is 6. The SMILES string of the molecule is CCCCCCC/C=C/CC/C=C/C(O)C(COC1OC(CO)C(O)C(O)C1O)NC(=O)CCCCCCCCC/C=C\CCCCCCCCCCCCCCOC(=O)CCCCCCCCCCCCC. The lowest BCUT2D eigenvalue weighted by atomic mass is 9.99. The van der Waals surface area contributed by atoms with Gasteiger partial charge in [-0.1, -0.05) is 237 Å². The fraction of sp³-hybridized carbons (Fsp3) is 0.871. The Kier molecular flexibility index (Phi) is 49.0. The van der Waals surface area contributed by atoms with Crippen molar-refractivity contribution in [3.8, 4) is 0 Å². The number of aliphatic hydroxyl groups is 5. The van der Waals surface area contributed by atoms with E-state index in [1.807, 2.05) is 6.08 Å². The van der Waals surface area contributed by atoms with Crippen LogP contribution in [0.15, 0.2) is 36.5 Å². The number of nitrogens with one attached hydrogen (secondary N) is 1. The van der Waals surface area contributed by atoms with Crippen molar-refractivity contribution in [2.45, 2.75) is 326 Å². The van der Waals surface area contributed by atoms with E-state index in [0.717, 1.165) is 70.6 Å². The molecule has 1 fully saturated rings. The van der Waals surface area contributed by atoms with E-state index in [1.165, 1.54) is 186 Å². The maximum absolute atomic E-state index is 13.0. The summed E-state index contributed by atoms with van der Waals surface area (Å²) in [6.45, 7) is 4.30. The van der Waals surface area contributed by atoms with Gasteiger partial charge in [-0.3, -0.25) is 9.59 Å². The van der Waals surface area contributed by atoms with Gasteiger partial charge < -0.3 is 45.1 Å². The van der Waals surface area contributed by atoms with E-state index >= 15 is 0 Å². The number of allylic oxidation sites excluding steroid dienone is 5. The summed E-state index contributed by atoms with van der Waals surface area (Å²) in [5.41, 5.74) is 0. The minimum Gasteiger partial charge on any atom is -0.466 e. The van der Waals surface area contributed by atoms with Crippen LogP contribution in [0.25, 0.3) is 0 Å². The molecule has 11 heteroatoms. The van der Waals surface area contributed by atoms with Crippen LogP contribution in [-0.2, 0) is 23.8 Å². The molecule has 11 nitrogen and oxygen atoms in total. The average Bonchev–Trinajstić information content (AvgIpc) is 3.39. The molecule has 1 aliphatic heterocycles. The van der Waals surface area contributed by atoms with E-state index in [9.17, 15) is 35.1 Å². The average molecular weight is 1030 g/mol. The number of aliphatic hydroxyl groups excluding tert-OH is 5. The van der Waals surface area contributed by atoms with Crippen molar-refractivity contribution in [2.75, 3.05) is 19.8 Å². The summed E-state index contributed by atoms with van der Waals surface area (Å²) in [6, 6.07) is -0.831. The Hall–Kier alpha value is -2.12. The van der Waals surface area contributed by atoms with Gasteiger partial charge in [0.05, 0.1) is 32.0 Å². The minimum absolute atomic E-state index is 0.00121. The Bertz CT molecular complexity index is 1310. The highest BCUT2D eigenvalue weighted by Gasteiger charge is 2.44. The smallest absolute Gasteiger partial charge is 0.305 e. The Morgan fingerprint density at radius 2 is 0.890 bits per heavy atom. The number of ether oxygens (including phenoxy) is 3.